The van der Waals surface area contributed by atoms with Crippen LogP contribution in [0.4, 0.5) is 13.2 Å². The molecule has 0 bridgehead atoms. The summed E-state index contributed by atoms with van der Waals surface area (Å²) in [6, 6.07) is 0. The zero-order chi connectivity index (χ0) is 13.1. The first-order valence-electron chi connectivity index (χ1n) is 5.13. The van der Waals surface area contributed by atoms with Gasteiger partial charge in [0.15, 0.2) is 5.84 Å². The minimum atomic E-state index is -4.25. The summed E-state index contributed by atoms with van der Waals surface area (Å²) < 4.78 is 43.0. The number of halogens is 3. The fraction of sp³-hybridized carbons (Fsp3) is 0.889. The van der Waals surface area contributed by atoms with E-state index in [0.29, 0.717) is 0 Å². The number of methoxy groups -OCH3 is 1. The van der Waals surface area contributed by atoms with Crippen LogP contribution in [-0.2, 0) is 4.74 Å². The molecule has 1 fully saturated rings. The minimum Gasteiger partial charge on any atom is -0.409 e. The van der Waals surface area contributed by atoms with E-state index in [4.69, 9.17) is 15.7 Å². The average Bonchev–Trinajstić information content (AvgIpc) is 2.61. The fourth-order valence-electron chi connectivity index (χ4n) is 2.10. The van der Waals surface area contributed by atoms with Crippen molar-refractivity contribution in [3.63, 3.8) is 0 Å². The highest BCUT2D eigenvalue weighted by molar-refractivity contribution is 5.81. The molecule has 0 aromatic rings. The molecule has 0 amide bonds. The maximum Gasteiger partial charge on any atom is 0.393 e. The number of amidine groups is 1. The van der Waals surface area contributed by atoms with Crippen LogP contribution in [0.5, 0.6) is 0 Å². The van der Waals surface area contributed by atoms with Crippen LogP contribution in [0.25, 0.3) is 0 Å². The summed E-state index contributed by atoms with van der Waals surface area (Å²) in [5.41, 5.74) is 5.27. The highest BCUT2D eigenvalue weighted by Gasteiger charge is 2.49. The van der Waals surface area contributed by atoms with Crippen molar-refractivity contribution >= 4 is 5.84 Å². The monoisotopic (exact) mass is 255 g/mol. The van der Waals surface area contributed by atoms with Gasteiger partial charge in [-0.2, -0.15) is 13.2 Å². The van der Waals surface area contributed by atoms with Gasteiger partial charge < -0.3 is 15.7 Å². The van der Waals surface area contributed by atoms with Gasteiger partial charge in [0.2, 0.25) is 0 Å². The zero-order valence-electron chi connectivity index (χ0n) is 9.44. The predicted molar refractivity (Wildman–Crippen MR) is 54.8 cm³/mol. The molecule has 0 spiro atoms. The molecule has 2 atom stereocenters. The van der Waals surface area contributed by atoms with Gasteiger partial charge in [-0.1, -0.05) is 5.16 Å². The molecule has 1 aliphatic heterocycles. The Balaban J connectivity index is 2.65. The summed E-state index contributed by atoms with van der Waals surface area (Å²) in [5.74, 6) is -2.12. The Morgan fingerprint density at radius 1 is 1.53 bits per heavy atom. The lowest BCUT2D eigenvalue weighted by Crippen LogP contribution is -2.34. The van der Waals surface area contributed by atoms with E-state index in [9.17, 15) is 13.2 Å². The predicted octanol–water partition coefficient (Wildman–Crippen LogP) is 0.490. The number of hydrogen-bond acceptors (Lipinski definition) is 4. The van der Waals surface area contributed by atoms with Crippen molar-refractivity contribution in [3.8, 4) is 0 Å². The number of nitrogens with zero attached hydrogens (tertiary/aromatic N) is 2. The smallest absolute Gasteiger partial charge is 0.393 e. The molecule has 1 rings (SSSR count). The standard InChI is InChI=1S/C9H16F3N3O2/c1-17-5-6-2-15(4-8(13)14-16)3-7(6)9(10,11)12/h6-7,16H,2-5H2,1H3,(H2,13,14)/t6-,7-/m0/s1. The molecular weight excluding hydrogens is 239 g/mol. The highest BCUT2D eigenvalue weighted by Crippen LogP contribution is 2.37. The molecular formula is C9H16F3N3O2. The molecule has 0 unspecified atom stereocenters. The van der Waals surface area contributed by atoms with E-state index in [2.05, 4.69) is 5.16 Å². The lowest BCUT2D eigenvalue weighted by Gasteiger charge is -2.20. The molecule has 0 aromatic carbocycles. The average molecular weight is 255 g/mol. The van der Waals surface area contributed by atoms with E-state index in [1.165, 1.54) is 12.0 Å². The fourth-order valence-corrected chi connectivity index (χ4v) is 2.10. The third-order valence-corrected chi connectivity index (χ3v) is 2.83. The van der Waals surface area contributed by atoms with Crippen molar-refractivity contribution in [1.29, 1.82) is 0 Å². The number of ether oxygens (including phenoxy) is 1. The van der Waals surface area contributed by atoms with Crippen LogP contribution in [0.2, 0.25) is 0 Å². The van der Waals surface area contributed by atoms with Gasteiger partial charge in [0.1, 0.15) is 0 Å². The van der Waals surface area contributed by atoms with Gasteiger partial charge >= 0.3 is 6.18 Å². The third-order valence-electron chi connectivity index (χ3n) is 2.83. The number of nitrogens with two attached hydrogens (primary N) is 1. The third kappa shape index (κ3) is 3.74. The Morgan fingerprint density at radius 2 is 2.18 bits per heavy atom. The first-order valence-corrected chi connectivity index (χ1v) is 5.13. The summed E-state index contributed by atoms with van der Waals surface area (Å²) in [7, 11) is 1.37. The maximum atomic E-state index is 12.7. The Labute approximate surface area is 97.0 Å². The topological polar surface area (TPSA) is 71.1 Å². The van der Waals surface area contributed by atoms with Crippen molar-refractivity contribution in [2.45, 2.75) is 6.18 Å². The largest absolute Gasteiger partial charge is 0.409 e. The van der Waals surface area contributed by atoms with Gasteiger partial charge in [0.25, 0.3) is 0 Å². The van der Waals surface area contributed by atoms with Gasteiger partial charge in [-0.3, -0.25) is 4.90 Å². The summed E-state index contributed by atoms with van der Waals surface area (Å²) in [6.45, 7) is 0.169. The molecule has 3 N–H and O–H groups in total. The lowest BCUT2D eigenvalue weighted by atomic mass is 9.96. The van der Waals surface area contributed by atoms with Gasteiger partial charge in [-0.25, -0.2) is 0 Å². The summed E-state index contributed by atoms with van der Waals surface area (Å²) in [5, 5.41) is 11.1. The summed E-state index contributed by atoms with van der Waals surface area (Å²) >= 11 is 0. The second-order valence-electron chi connectivity index (χ2n) is 4.15. The SMILES string of the molecule is COC[C@@H]1CN(CC(N)=NO)C[C@@H]1C(F)(F)F. The van der Waals surface area contributed by atoms with E-state index < -0.39 is 18.0 Å². The molecule has 0 saturated carbocycles. The van der Waals surface area contributed by atoms with E-state index in [0.717, 1.165) is 0 Å². The van der Waals surface area contributed by atoms with E-state index in [-0.39, 0.29) is 32.1 Å². The molecule has 0 aromatic heterocycles. The lowest BCUT2D eigenvalue weighted by molar-refractivity contribution is -0.183. The Morgan fingerprint density at radius 3 is 2.65 bits per heavy atom. The van der Waals surface area contributed by atoms with Crippen molar-refractivity contribution in [1.82, 2.24) is 4.90 Å². The highest BCUT2D eigenvalue weighted by atomic mass is 19.4. The zero-order valence-corrected chi connectivity index (χ0v) is 9.44. The minimum absolute atomic E-state index is 0.0310. The first-order chi connectivity index (χ1) is 7.88. The van der Waals surface area contributed by atoms with E-state index in [1.54, 1.807) is 0 Å². The number of hydrogen-bond donors (Lipinski definition) is 2. The molecule has 17 heavy (non-hydrogen) atoms. The summed E-state index contributed by atoms with van der Waals surface area (Å²) in [6.07, 6.45) is -4.25. The van der Waals surface area contributed by atoms with Crippen LogP contribution in [0.1, 0.15) is 0 Å². The summed E-state index contributed by atoms with van der Waals surface area (Å²) in [4.78, 5) is 1.51. The van der Waals surface area contributed by atoms with Crippen molar-refractivity contribution < 1.29 is 23.1 Å². The molecule has 1 saturated heterocycles. The van der Waals surface area contributed by atoms with Crippen LogP contribution in [-0.4, -0.2) is 55.5 Å². The van der Waals surface area contributed by atoms with Crippen LogP contribution in [0, 0.1) is 11.8 Å². The van der Waals surface area contributed by atoms with Crippen molar-refractivity contribution in [2.24, 2.45) is 22.7 Å². The molecule has 0 aliphatic carbocycles. The quantitative estimate of drug-likeness (QED) is 0.332. The maximum absolute atomic E-state index is 12.7. The van der Waals surface area contributed by atoms with Gasteiger partial charge in [-0.05, 0) is 0 Å². The Hall–Kier alpha value is -1.02. The van der Waals surface area contributed by atoms with Gasteiger partial charge in [-0.15, -0.1) is 0 Å². The van der Waals surface area contributed by atoms with Crippen molar-refractivity contribution in [2.75, 3.05) is 33.4 Å². The number of oxime groups is 1. The van der Waals surface area contributed by atoms with E-state index in [1.807, 2.05) is 0 Å². The molecule has 8 heteroatoms. The van der Waals surface area contributed by atoms with Gasteiger partial charge in [0.05, 0.1) is 19.1 Å². The van der Waals surface area contributed by atoms with Crippen LogP contribution < -0.4 is 5.73 Å². The Bertz CT molecular complexity index is 283. The first kappa shape index (κ1) is 14.0. The van der Waals surface area contributed by atoms with E-state index >= 15 is 0 Å². The van der Waals surface area contributed by atoms with Crippen LogP contribution in [0.3, 0.4) is 0 Å². The number of alkyl halides is 3. The van der Waals surface area contributed by atoms with Crippen molar-refractivity contribution in [3.05, 3.63) is 0 Å². The molecule has 5 nitrogen and oxygen atoms in total. The second kappa shape index (κ2) is 5.54. The molecule has 1 aliphatic rings. The number of rotatable bonds is 4. The number of likely N-dealkylation sites (tertiary alicyclic amines) is 1. The molecule has 1 heterocycles. The Kier molecular flexibility index (Phi) is 4.58. The second-order valence-corrected chi connectivity index (χ2v) is 4.15. The molecule has 0 radical (unpaired) electrons. The normalized spacial score (nSPS) is 27.6. The molecule has 100 valence electrons. The van der Waals surface area contributed by atoms with Crippen LogP contribution in [0.15, 0.2) is 5.16 Å². The van der Waals surface area contributed by atoms with Gasteiger partial charge in [0, 0.05) is 26.1 Å². The van der Waals surface area contributed by atoms with Crippen LogP contribution >= 0.6 is 0 Å².